The molecule has 3 aromatic carbocycles. The van der Waals surface area contributed by atoms with Crippen molar-refractivity contribution < 1.29 is 36.8 Å². The molecule has 0 radical (unpaired) electrons. The quantitative estimate of drug-likeness (QED) is 0.0961. The summed E-state index contributed by atoms with van der Waals surface area (Å²) in [5.74, 6) is -0.788. The molecule has 5 rings (SSSR count). The number of aryl methyl sites for hydroxylation is 1. The first-order valence-electron chi connectivity index (χ1n) is 18.7. The topological polar surface area (TPSA) is 137 Å². The van der Waals surface area contributed by atoms with Crippen LogP contribution < -0.4 is 8.92 Å². The molecule has 2 atom stereocenters. The maximum absolute atomic E-state index is 14.6. The molecule has 290 valence electrons. The predicted molar refractivity (Wildman–Crippen MR) is 206 cm³/mol. The van der Waals surface area contributed by atoms with Gasteiger partial charge in [-0.25, -0.2) is 10.0 Å². The van der Waals surface area contributed by atoms with Crippen LogP contribution >= 0.6 is 0 Å². The summed E-state index contributed by atoms with van der Waals surface area (Å²) in [5.41, 5.74) is 2.10. The molecular formula is C41H52N4O8S. The molecule has 3 aromatic rings. The van der Waals surface area contributed by atoms with Crippen LogP contribution in [-0.4, -0.2) is 95.8 Å². The number of hydrazine groups is 1. The van der Waals surface area contributed by atoms with Crippen LogP contribution in [0.2, 0.25) is 0 Å². The number of fused-ring (bicyclic) bond motifs is 1. The van der Waals surface area contributed by atoms with E-state index < -0.39 is 22.3 Å². The zero-order valence-electron chi connectivity index (χ0n) is 31.3. The molecule has 2 aliphatic heterocycles. The Labute approximate surface area is 319 Å². The van der Waals surface area contributed by atoms with E-state index in [4.69, 9.17) is 8.92 Å². The number of nitrogens with zero attached hydrogens (tertiary/aromatic N) is 4. The highest BCUT2D eigenvalue weighted by Crippen LogP contribution is 2.36. The van der Waals surface area contributed by atoms with Crippen molar-refractivity contribution in [2.24, 2.45) is 0 Å². The number of carbonyl (C=O) groups excluding carboxylic acids is 3. The van der Waals surface area contributed by atoms with Crippen LogP contribution in [0.5, 0.6) is 17.2 Å². The minimum Gasteiger partial charge on any atom is -0.508 e. The van der Waals surface area contributed by atoms with E-state index in [-0.39, 0.29) is 79.7 Å². The van der Waals surface area contributed by atoms with Gasteiger partial charge in [-0.3, -0.25) is 14.4 Å². The standard InChI is InChI=1S/C41H52N4O8S/c1-4-6-7-8-9-13-26-54(50,51)53-40-33(17-14-18-36(40)52-3)28-42-29-37-44(35(41(42)49)27-32-19-22-34(46)23-20-32)39(48)30-43(25-5-2)45(37)38(47)24-21-31-15-11-10-12-16-31/h5,10-12,14-20,22-23,35,37,46H,2,4,6-9,13,21,24-30H2,1,3H3/t35-,37-/m0/s1. The molecule has 0 aromatic heterocycles. The number of hydrogen-bond donors (Lipinski definition) is 1. The summed E-state index contributed by atoms with van der Waals surface area (Å²) >= 11 is 0. The van der Waals surface area contributed by atoms with Crippen molar-refractivity contribution in [1.82, 2.24) is 19.8 Å². The molecular weight excluding hydrogens is 709 g/mol. The van der Waals surface area contributed by atoms with E-state index in [2.05, 4.69) is 13.5 Å². The number of para-hydroxylation sites is 1. The number of phenolic OH excluding ortho intramolecular Hbond substituents is 1. The number of amides is 3. The fraction of sp³-hybridized carbons (Fsp3) is 0.439. The van der Waals surface area contributed by atoms with Crippen molar-refractivity contribution in [1.29, 1.82) is 0 Å². The second kappa shape index (κ2) is 18.9. The van der Waals surface area contributed by atoms with Gasteiger partial charge >= 0.3 is 10.1 Å². The van der Waals surface area contributed by atoms with Crippen LogP contribution in [0.3, 0.4) is 0 Å². The molecule has 0 spiro atoms. The molecule has 54 heavy (non-hydrogen) atoms. The molecule has 0 bridgehead atoms. The van der Waals surface area contributed by atoms with Crippen LogP contribution in [0.4, 0.5) is 0 Å². The van der Waals surface area contributed by atoms with Crippen LogP contribution in [0.1, 0.15) is 68.6 Å². The van der Waals surface area contributed by atoms with E-state index in [0.717, 1.165) is 37.7 Å². The van der Waals surface area contributed by atoms with E-state index in [9.17, 15) is 27.9 Å². The molecule has 12 nitrogen and oxygen atoms in total. The van der Waals surface area contributed by atoms with Gasteiger partial charge in [0.05, 0.1) is 26.0 Å². The lowest BCUT2D eigenvalue weighted by Crippen LogP contribution is -2.75. The second-order valence-electron chi connectivity index (χ2n) is 13.8. The highest BCUT2D eigenvalue weighted by Gasteiger charge is 2.51. The first-order chi connectivity index (χ1) is 26.0. The minimum atomic E-state index is -4.01. The van der Waals surface area contributed by atoms with Gasteiger partial charge in [-0.15, -0.1) is 6.58 Å². The Morgan fingerprint density at radius 2 is 1.67 bits per heavy atom. The Hall–Kier alpha value is -4.88. The number of benzene rings is 3. The van der Waals surface area contributed by atoms with Crippen molar-refractivity contribution in [3.63, 3.8) is 0 Å². The predicted octanol–water partition coefficient (Wildman–Crippen LogP) is 5.46. The number of hydrogen-bond acceptors (Lipinski definition) is 9. The summed E-state index contributed by atoms with van der Waals surface area (Å²) in [6, 6.07) is 20.1. The number of piperazine rings is 1. The van der Waals surface area contributed by atoms with Gasteiger partial charge in [-0.05, 0) is 42.2 Å². The van der Waals surface area contributed by atoms with Gasteiger partial charge in [-0.1, -0.05) is 99.7 Å². The van der Waals surface area contributed by atoms with Gasteiger partial charge in [0.1, 0.15) is 18.0 Å². The maximum atomic E-state index is 14.6. The number of phenols is 1. The summed E-state index contributed by atoms with van der Waals surface area (Å²) in [5, 5.41) is 13.2. The second-order valence-corrected chi connectivity index (χ2v) is 15.5. The SMILES string of the molecule is C=CCN1CC(=O)N2[C@@H](Cc3ccc(O)cc3)C(=O)N(Cc3cccc(OC)c3OS(=O)(=O)CCCCCCCC)C[C@@H]2N1C(=O)CCc1ccccc1. The van der Waals surface area contributed by atoms with Crippen molar-refractivity contribution in [3.8, 4) is 17.2 Å². The zero-order valence-corrected chi connectivity index (χ0v) is 32.1. The van der Waals surface area contributed by atoms with Crippen LogP contribution in [0.15, 0.2) is 85.5 Å². The number of aromatic hydroxyl groups is 1. The van der Waals surface area contributed by atoms with Gasteiger partial charge in [-0.2, -0.15) is 8.42 Å². The molecule has 2 heterocycles. The Bertz CT molecular complexity index is 1850. The Morgan fingerprint density at radius 1 is 0.944 bits per heavy atom. The van der Waals surface area contributed by atoms with Crippen molar-refractivity contribution in [3.05, 3.63) is 102 Å². The van der Waals surface area contributed by atoms with Crippen molar-refractivity contribution >= 4 is 27.8 Å². The first-order valence-corrected chi connectivity index (χ1v) is 20.3. The average Bonchev–Trinajstić information content (AvgIpc) is 3.15. The van der Waals surface area contributed by atoms with Gasteiger partial charge in [0.2, 0.25) is 17.7 Å². The Morgan fingerprint density at radius 3 is 2.37 bits per heavy atom. The maximum Gasteiger partial charge on any atom is 0.309 e. The van der Waals surface area contributed by atoms with Crippen molar-refractivity contribution in [2.75, 3.05) is 32.5 Å². The highest BCUT2D eigenvalue weighted by atomic mass is 32.2. The third-order valence-corrected chi connectivity index (χ3v) is 11.1. The molecule has 2 aliphatic rings. The molecule has 13 heteroatoms. The number of carbonyl (C=O) groups is 3. The summed E-state index contributed by atoms with van der Waals surface area (Å²) in [6.45, 7) is 5.98. The van der Waals surface area contributed by atoms with E-state index in [1.807, 2.05) is 30.3 Å². The van der Waals surface area contributed by atoms with Gasteiger partial charge in [0.25, 0.3) is 0 Å². The lowest BCUT2D eigenvalue weighted by atomic mass is 9.98. The molecule has 0 aliphatic carbocycles. The van der Waals surface area contributed by atoms with E-state index in [1.54, 1.807) is 51.3 Å². The molecule has 2 fully saturated rings. The first kappa shape index (κ1) is 40.3. The van der Waals surface area contributed by atoms with Crippen LogP contribution in [0, 0.1) is 0 Å². The van der Waals surface area contributed by atoms with Gasteiger partial charge in [0.15, 0.2) is 11.5 Å². The van der Waals surface area contributed by atoms with Gasteiger partial charge < -0.3 is 23.8 Å². The molecule has 0 unspecified atom stereocenters. The average molecular weight is 761 g/mol. The lowest BCUT2D eigenvalue weighted by Gasteiger charge is -2.55. The normalized spacial score (nSPS) is 17.7. The van der Waals surface area contributed by atoms with E-state index in [1.165, 1.54) is 24.1 Å². The number of methoxy groups -OCH3 is 1. The Balaban J connectivity index is 1.47. The smallest absolute Gasteiger partial charge is 0.309 e. The summed E-state index contributed by atoms with van der Waals surface area (Å²) < 4.78 is 37.8. The monoisotopic (exact) mass is 760 g/mol. The van der Waals surface area contributed by atoms with Crippen molar-refractivity contribution in [2.45, 2.75) is 83.5 Å². The number of ether oxygens (including phenoxy) is 1. The van der Waals surface area contributed by atoms with E-state index in [0.29, 0.717) is 24.0 Å². The number of rotatable bonds is 19. The molecule has 1 N–H and O–H groups in total. The van der Waals surface area contributed by atoms with Crippen LogP contribution in [-0.2, 0) is 43.9 Å². The Kier molecular flexibility index (Phi) is 14.1. The summed E-state index contributed by atoms with van der Waals surface area (Å²) in [7, 11) is -2.59. The third-order valence-electron chi connectivity index (χ3n) is 9.86. The zero-order chi connectivity index (χ0) is 38.7. The summed E-state index contributed by atoms with van der Waals surface area (Å²) in [6.07, 6.45) is 6.97. The molecule has 3 amide bonds. The highest BCUT2D eigenvalue weighted by molar-refractivity contribution is 7.87. The minimum absolute atomic E-state index is 0.0000882. The molecule has 2 saturated heterocycles. The molecule has 0 saturated carbocycles. The number of unbranched alkanes of at least 4 members (excludes halogenated alkanes) is 5. The van der Waals surface area contributed by atoms with Gasteiger partial charge in [0, 0.05) is 31.5 Å². The summed E-state index contributed by atoms with van der Waals surface area (Å²) in [4.78, 5) is 45.8. The van der Waals surface area contributed by atoms with Crippen LogP contribution in [0.25, 0.3) is 0 Å². The fourth-order valence-corrected chi connectivity index (χ4v) is 8.23. The van der Waals surface area contributed by atoms with E-state index >= 15 is 0 Å². The third kappa shape index (κ3) is 10.2. The fourth-order valence-electron chi connectivity index (χ4n) is 7.14. The lowest BCUT2D eigenvalue weighted by molar-refractivity contribution is -0.205. The largest absolute Gasteiger partial charge is 0.508 e.